The average molecular weight is 255 g/mol. The molecule has 0 aromatic heterocycles. The number of hydrogen-bond acceptors (Lipinski definition) is 4. The Labute approximate surface area is 102 Å². The first kappa shape index (κ1) is 12.5. The van der Waals surface area contributed by atoms with E-state index in [1.807, 2.05) is 0 Å². The van der Waals surface area contributed by atoms with Gasteiger partial charge in [0.2, 0.25) is 0 Å². The van der Waals surface area contributed by atoms with Crippen LogP contribution in [0.15, 0.2) is 29.2 Å². The summed E-state index contributed by atoms with van der Waals surface area (Å²) in [5.74, 6) is 0. The monoisotopic (exact) mass is 255 g/mol. The molecule has 4 nitrogen and oxygen atoms in total. The second-order valence-corrected chi connectivity index (χ2v) is 6.69. The van der Waals surface area contributed by atoms with Gasteiger partial charge in [0.15, 0.2) is 9.84 Å². The topological polar surface area (TPSA) is 66.4 Å². The molecule has 1 aromatic rings. The molecule has 1 aromatic carbocycles. The summed E-state index contributed by atoms with van der Waals surface area (Å²) in [6.07, 6.45) is 2.23. The maximum atomic E-state index is 11.6. The van der Waals surface area contributed by atoms with E-state index < -0.39 is 15.4 Å². The predicted molar refractivity (Wildman–Crippen MR) is 65.7 cm³/mol. The minimum atomic E-state index is -3.23. The standard InChI is InChI=1S/C12H17NO3S/c1-17(15,16)11-5-3-2-4-10(11)8-12(14)6-7-13-9-12/h2-5,13-14H,6-9H2,1H3. The third kappa shape index (κ3) is 2.86. The summed E-state index contributed by atoms with van der Waals surface area (Å²) in [6.45, 7) is 1.29. The minimum Gasteiger partial charge on any atom is -0.388 e. The van der Waals surface area contributed by atoms with E-state index in [-0.39, 0.29) is 0 Å². The molecule has 5 heteroatoms. The van der Waals surface area contributed by atoms with Gasteiger partial charge in [-0.3, -0.25) is 0 Å². The van der Waals surface area contributed by atoms with Gasteiger partial charge in [0.25, 0.3) is 0 Å². The van der Waals surface area contributed by atoms with Gasteiger partial charge in [-0.05, 0) is 24.6 Å². The van der Waals surface area contributed by atoms with E-state index in [4.69, 9.17) is 0 Å². The molecule has 94 valence electrons. The predicted octanol–water partition coefficient (Wildman–Crippen LogP) is 0.357. The Morgan fingerprint density at radius 1 is 1.41 bits per heavy atom. The molecule has 0 amide bonds. The van der Waals surface area contributed by atoms with E-state index in [2.05, 4.69) is 5.32 Å². The summed E-state index contributed by atoms with van der Waals surface area (Å²) in [7, 11) is -3.23. The molecule has 1 heterocycles. The van der Waals surface area contributed by atoms with E-state index in [9.17, 15) is 13.5 Å². The van der Waals surface area contributed by atoms with Crippen LogP contribution in [0.4, 0.5) is 0 Å². The van der Waals surface area contributed by atoms with Crippen molar-refractivity contribution in [3.05, 3.63) is 29.8 Å². The number of benzene rings is 1. The fourth-order valence-electron chi connectivity index (χ4n) is 2.25. The molecule has 1 saturated heterocycles. The van der Waals surface area contributed by atoms with Crippen LogP contribution >= 0.6 is 0 Å². The lowest BCUT2D eigenvalue weighted by Crippen LogP contribution is -2.34. The van der Waals surface area contributed by atoms with Crippen molar-refractivity contribution in [3.8, 4) is 0 Å². The number of β-amino-alcohol motifs (C(OH)–C–C–N with tert-alkyl or cyclic N) is 1. The second-order valence-electron chi connectivity index (χ2n) is 4.71. The quantitative estimate of drug-likeness (QED) is 0.818. The van der Waals surface area contributed by atoms with Crippen molar-refractivity contribution in [1.82, 2.24) is 5.32 Å². The van der Waals surface area contributed by atoms with E-state index in [1.165, 1.54) is 6.26 Å². The summed E-state index contributed by atoms with van der Waals surface area (Å²) >= 11 is 0. The van der Waals surface area contributed by atoms with E-state index in [1.54, 1.807) is 24.3 Å². The van der Waals surface area contributed by atoms with Crippen LogP contribution in [0.3, 0.4) is 0 Å². The van der Waals surface area contributed by atoms with Gasteiger partial charge in [0, 0.05) is 19.2 Å². The number of sulfone groups is 1. The lowest BCUT2D eigenvalue weighted by atomic mass is 9.94. The molecule has 1 aliphatic rings. The SMILES string of the molecule is CS(=O)(=O)c1ccccc1CC1(O)CCNC1. The molecule has 0 bridgehead atoms. The normalized spacial score (nSPS) is 25.1. The Morgan fingerprint density at radius 2 is 2.12 bits per heavy atom. The summed E-state index contributed by atoms with van der Waals surface area (Å²) < 4.78 is 23.3. The zero-order valence-electron chi connectivity index (χ0n) is 9.81. The first-order chi connectivity index (χ1) is 7.91. The van der Waals surface area contributed by atoms with Gasteiger partial charge in [-0.15, -0.1) is 0 Å². The van der Waals surface area contributed by atoms with Crippen molar-refractivity contribution in [2.45, 2.75) is 23.3 Å². The van der Waals surface area contributed by atoms with Crippen LogP contribution in [-0.2, 0) is 16.3 Å². The van der Waals surface area contributed by atoms with Crippen LogP contribution in [0.1, 0.15) is 12.0 Å². The highest BCUT2D eigenvalue weighted by Crippen LogP contribution is 2.24. The number of nitrogens with one attached hydrogen (secondary N) is 1. The Balaban J connectivity index is 2.33. The molecule has 0 saturated carbocycles. The van der Waals surface area contributed by atoms with Gasteiger partial charge in [0.05, 0.1) is 10.5 Å². The van der Waals surface area contributed by atoms with Gasteiger partial charge in [0.1, 0.15) is 0 Å². The Hall–Kier alpha value is -0.910. The van der Waals surface area contributed by atoms with Gasteiger partial charge in [-0.25, -0.2) is 8.42 Å². The number of aliphatic hydroxyl groups is 1. The molecule has 1 fully saturated rings. The molecule has 1 atom stereocenters. The van der Waals surface area contributed by atoms with E-state index in [0.29, 0.717) is 29.8 Å². The lowest BCUT2D eigenvalue weighted by molar-refractivity contribution is 0.0613. The van der Waals surface area contributed by atoms with Crippen molar-refractivity contribution in [2.75, 3.05) is 19.3 Å². The molecule has 17 heavy (non-hydrogen) atoms. The zero-order chi connectivity index (χ0) is 12.5. The third-order valence-corrected chi connectivity index (χ3v) is 4.31. The average Bonchev–Trinajstić information content (AvgIpc) is 2.64. The molecule has 1 aliphatic heterocycles. The first-order valence-corrected chi connectivity index (χ1v) is 7.51. The van der Waals surface area contributed by atoms with Gasteiger partial charge >= 0.3 is 0 Å². The number of rotatable bonds is 3. The summed E-state index contributed by atoms with van der Waals surface area (Å²) in [5.41, 5.74) is -0.123. The Bertz CT molecular complexity index is 504. The van der Waals surface area contributed by atoms with E-state index in [0.717, 1.165) is 6.54 Å². The van der Waals surface area contributed by atoms with Gasteiger partial charge in [-0.1, -0.05) is 18.2 Å². The molecule has 0 spiro atoms. The summed E-state index contributed by atoms with van der Waals surface area (Å²) in [6, 6.07) is 6.87. The maximum absolute atomic E-state index is 11.6. The van der Waals surface area contributed by atoms with Crippen LogP contribution in [0, 0.1) is 0 Å². The molecular weight excluding hydrogens is 238 g/mol. The lowest BCUT2D eigenvalue weighted by Gasteiger charge is -2.22. The summed E-state index contributed by atoms with van der Waals surface area (Å²) in [5, 5.41) is 13.4. The largest absolute Gasteiger partial charge is 0.388 e. The fourth-order valence-corrected chi connectivity index (χ4v) is 3.19. The fraction of sp³-hybridized carbons (Fsp3) is 0.500. The third-order valence-electron chi connectivity index (χ3n) is 3.11. The van der Waals surface area contributed by atoms with Crippen molar-refractivity contribution >= 4 is 9.84 Å². The molecule has 0 aliphatic carbocycles. The molecular formula is C12H17NO3S. The molecule has 1 unspecified atom stereocenters. The molecule has 2 rings (SSSR count). The van der Waals surface area contributed by atoms with Crippen LogP contribution in [0.5, 0.6) is 0 Å². The molecule has 2 N–H and O–H groups in total. The van der Waals surface area contributed by atoms with Crippen molar-refractivity contribution in [1.29, 1.82) is 0 Å². The van der Waals surface area contributed by atoms with Crippen molar-refractivity contribution < 1.29 is 13.5 Å². The maximum Gasteiger partial charge on any atom is 0.175 e. The minimum absolute atomic E-state index is 0.320. The highest BCUT2D eigenvalue weighted by Gasteiger charge is 2.32. The highest BCUT2D eigenvalue weighted by molar-refractivity contribution is 7.90. The van der Waals surface area contributed by atoms with E-state index >= 15 is 0 Å². The van der Waals surface area contributed by atoms with Crippen molar-refractivity contribution in [2.24, 2.45) is 0 Å². The van der Waals surface area contributed by atoms with Gasteiger partial charge in [-0.2, -0.15) is 0 Å². The van der Waals surface area contributed by atoms with Gasteiger partial charge < -0.3 is 10.4 Å². The molecule has 0 radical (unpaired) electrons. The second kappa shape index (κ2) is 4.40. The van der Waals surface area contributed by atoms with Crippen LogP contribution < -0.4 is 5.32 Å². The summed E-state index contributed by atoms with van der Waals surface area (Å²) in [4.78, 5) is 0.320. The Morgan fingerprint density at radius 3 is 2.71 bits per heavy atom. The van der Waals surface area contributed by atoms with Crippen LogP contribution in [0.2, 0.25) is 0 Å². The first-order valence-electron chi connectivity index (χ1n) is 5.62. The Kier molecular flexibility index (Phi) is 3.25. The zero-order valence-corrected chi connectivity index (χ0v) is 10.6. The number of hydrogen-bond donors (Lipinski definition) is 2. The highest BCUT2D eigenvalue weighted by atomic mass is 32.2. The van der Waals surface area contributed by atoms with Crippen LogP contribution in [-0.4, -0.2) is 38.5 Å². The van der Waals surface area contributed by atoms with Crippen LogP contribution in [0.25, 0.3) is 0 Å². The smallest absolute Gasteiger partial charge is 0.175 e. The van der Waals surface area contributed by atoms with Crippen molar-refractivity contribution in [3.63, 3.8) is 0 Å².